The van der Waals surface area contributed by atoms with Crippen molar-refractivity contribution in [1.29, 1.82) is 5.41 Å². The fourth-order valence-corrected chi connectivity index (χ4v) is 5.67. The van der Waals surface area contributed by atoms with Crippen molar-refractivity contribution in [2.45, 2.75) is 37.1 Å². The molecular weight excluding hydrogens is 466 g/mol. The van der Waals surface area contributed by atoms with E-state index in [0.717, 1.165) is 23.9 Å². The van der Waals surface area contributed by atoms with E-state index in [9.17, 15) is 13.2 Å². The van der Waals surface area contributed by atoms with Gasteiger partial charge >= 0.3 is 0 Å². The first-order chi connectivity index (χ1) is 16.5. The Hall–Kier alpha value is -3.18. The molecule has 35 heavy (non-hydrogen) atoms. The van der Waals surface area contributed by atoms with Crippen LogP contribution in [0.4, 0.5) is 5.69 Å². The number of aliphatic imine (C=N–C) groups is 1. The van der Waals surface area contributed by atoms with Crippen molar-refractivity contribution >= 4 is 44.1 Å². The molecule has 0 aromatic heterocycles. The monoisotopic (exact) mass is 501 g/mol. The molecule has 0 spiro atoms. The maximum Gasteiger partial charge on any atom is 0.241 e. The Bertz CT molecular complexity index is 1220. The van der Waals surface area contributed by atoms with Crippen molar-refractivity contribution in [2.24, 2.45) is 22.4 Å². The Balaban J connectivity index is 1.93. The van der Waals surface area contributed by atoms with Crippen LogP contribution in [0.2, 0.25) is 0 Å². The van der Waals surface area contributed by atoms with Gasteiger partial charge in [0, 0.05) is 50.2 Å². The van der Waals surface area contributed by atoms with Gasteiger partial charge in [-0.2, -0.15) is 4.72 Å². The van der Waals surface area contributed by atoms with Gasteiger partial charge in [-0.1, -0.05) is 31.2 Å². The van der Waals surface area contributed by atoms with Crippen LogP contribution in [0.15, 0.2) is 46.3 Å². The van der Waals surface area contributed by atoms with Crippen molar-refractivity contribution in [2.75, 3.05) is 38.6 Å². The zero-order valence-electron chi connectivity index (χ0n) is 20.5. The third-order valence-corrected chi connectivity index (χ3v) is 7.83. The standard InChI is InChI=1S/C24H35N7O3S/c1-16-11-14-31(15-12-16)24(32)19(10-13-28-23(27)22(25)26)29-35(33,34)21-9-5-6-17-18(21)7-4-8-20(17)30(2)3/h4-9,16,19,29H,10-15H2,1-3H3,(H3,25,26)(H2,27,28). The number of nitrogens with two attached hydrogens (primary N) is 2. The maximum atomic E-state index is 13.6. The second-order valence-electron chi connectivity index (χ2n) is 9.17. The molecule has 1 saturated heterocycles. The Morgan fingerprint density at radius 3 is 2.43 bits per heavy atom. The molecule has 0 saturated carbocycles. The molecule has 1 heterocycles. The van der Waals surface area contributed by atoms with Crippen LogP contribution >= 0.6 is 0 Å². The maximum absolute atomic E-state index is 13.6. The van der Waals surface area contributed by atoms with Gasteiger partial charge < -0.3 is 21.3 Å². The molecule has 190 valence electrons. The van der Waals surface area contributed by atoms with Crippen LogP contribution in [0.25, 0.3) is 10.8 Å². The molecule has 1 aliphatic rings. The Kier molecular flexibility index (Phi) is 8.34. The number of likely N-dealkylation sites (tertiary alicyclic amines) is 1. The minimum atomic E-state index is -4.05. The van der Waals surface area contributed by atoms with E-state index in [2.05, 4.69) is 16.6 Å². The largest absolute Gasteiger partial charge is 0.381 e. The number of amidine groups is 2. The lowest BCUT2D eigenvalue weighted by molar-refractivity contribution is -0.134. The summed E-state index contributed by atoms with van der Waals surface area (Å²) in [5, 5.41) is 8.73. The van der Waals surface area contributed by atoms with Crippen molar-refractivity contribution < 1.29 is 13.2 Å². The van der Waals surface area contributed by atoms with Gasteiger partial charge in [-0.3, -0.25) is 15.2 Å². The second-order valence-corrected chi connectivity index (χ2v) is 10.9. The predicted molar refractivity (Wildman–Crippen MR) is 140 cm³/mol. The zero-order valence-corrected chi connectivity index (χ0v) is 21.3. The van der Waals surface area contributed by atoms with Gasteiger partial charge in [-0.15, -0.1) is 0 Å². The van der Waals surface area contributed by atoms with E-state index in [1.165, 1.54) is 0 Å². The highest BCUT2D eigenvalue weighted by Gasteiger charge is 2.31. The van der Waals surface area contributed by atoms with Gasteiger partial charge in [0.15, 0.2) is 11.7 Å². The number of carbonyl (C=O) groups is 1. The molecule has 6 N–H and O–H groups in total. The number of rotatable bonds is 8. The third-order valence-electron chi connectivity index (χ3n) is 6.30. The molecule has 1 fully saturated rings. The summed E-state index contributed by atoms with van der Waals surface area (Å²) in [7, 11) is -0.256. The van der Waals surface area contributed by atoms with Crippen LogP contribution < -0.4 is 21.1 Å². The Morgan fingerprint density at radius 2 is 1.80 bits per heavy atom. The van der Waals surface area contributed by atoms with E-state index in [0.29, 0.717) is 24.4 Å². The summed E-state index contributed by atoms with van der Waals surface area (Å²) in [6.45, 7) is 3.35. The highest BCUT2D eigenvalue weighted by atomic mass is 32.2. The van der Waals surface area contributed by atoms with Crippen LogP contribution in [0, 0.1) is 11.3 Å². The molecule has 11 heteroatoms. The van der Waals surface area contributed by atoms with Gasteiger partial charge in [0.1, 0.15) is 6.04 Å². The average molecular weight is 502 g/mol. The number of piperidine rings is 1. The molecule has 0 radical (unpaired) electrons. The lowest BCUT2D eigenvalue weighted by Gasteiger charge is -2.33. The summed E-state index contributed by atoms with van der Waals surface area (Å²) in [5.74, 6) is -0.274. The lowest BCUT2D eigenvalue weighted by atomic mass is 9.98. The number of carbonyl (C=O) groups excluding carboxylic acids is 1. The minimum absolute atomic E-state index is 0.0505. The fraction of sp³-hybridized carbons (Fsp3) is 0.458. The quantitative estimate of drug-likeness (QED) is 0.317. The molecule has 1 amide bonds. The highest BCUT2D eigenvalue weighted by Crippen LogP contribution is 2.30. The number of anilines is 1. The third kappa shape index (κ3) is 6.29. The van der Waals surface area contributed by atoms with Crippen LogP contribution in [-0.2, 0) is 14.8 Å². The Labute approximate surface area is 206 Å². The average Bonchev–Trinajstić information content (AvgIpc) is 2.82. The molecule has 1 atom stereocenters. The second kappa shape index (κ2) is 11.0. The van der Waals surface area contributed by atoms with Crippen molar-refractivity contribution in [3.63, 3.8) is 0 Å². The number of hydrogen-bond donors (Lipinski definition) is 4. The minimum Gasteiger partial charge on any atom is -0.381 e. The number of benzene rings is 2. The van der Waals surface area contributed by atoms with E-state index in [4.69, 9.17) is 16.9 Å². The summed E-state index contributed by atoms with van der Waals surface area (Å²) in [4.78, 5) is 21.1. The van der Waals surface area contributed by atoms with E-state index in [1.807, 2.05) is 37.2 Å². The molecule has 1 aliphatic heterocycles. The molecule has 10 nitrogen and oxygen atoms in total. The van der Waals surface area contributed by atoms with Gasteiger partial charge in [0.25, 0.3) is 0 Å². The van der Waals surface area contributed by atoms with Gasteiger partial charge in [0.05, 0.1) is 4.90 Å². The van der Waals surface area contributed by atoms with Crippen LogP contribution in [0.5, 0.6) is 0 Å². The molecule has 0 bridgehead atoms. The van der Waals surface area contributed by atoms with Crippen LogP contribution in [0.3, 0.4) is 0 Å². The molecule has 1 unspecified atom stereocenters. The number of nitrogens with zero attached hydrogens (tertiary/aromatic N) is 3. The van der Waals surface area contributed by atoms with Crippen molar-refractivity contribution in [3.05, 3.63) is 36.4 Å². The van der Waals surface area contributed by atoms with E-state index in [-0.39, 0.29) is 35.4 Å². The highest BCUT2D eigenvalue weighted by molar-refractivity contribution is 7.89. The van der Waals surface area contributed by atoms with E-state index in [1.54, 1.807) is 23.1 Å². The van der Waals surface area contributed by atoms with Crippen molar-refractivity contribution in [1.82, 2.24) is 9.62 Å². The lowest BCUT2D eigenvalue weighted by Crippen LogP contribution is -2.50. The molecule has 2 aromatic carbocycles. The zero-order chi connectivity index (χ0) is 25.8. The predicted octanol–water partition coefficient (Wildman–Crippen LogP) is 1.49. The van der Waals surface area contributed by atoms with Crippen molar-refractivity contribution in [3.8, 4) is 0 Å². The van der Waals surface area contributed by atoms with Crippen LogP contribution in [-0.4, -0.2) is 70.7 Å². The van der Waals surface area contributed by atoms with Gasteiger partial charge in [-0.25, -0.2) is 8.42 Å². The van der Waals surface area contributed by atoms with Gasteiger partial charge in [0.2, 0.25) is 15.9 Å². The van der Waals surface area contributed by atoms with Crippen LogP contribution in [0.1, 0.15) is 26.2 Å². The topological polar surface area (TPSA) is 158 Å². The normalized spacial score (nSPS) is 16.3. The SMILES string of the molecule is CC1CCN(C(=O)C(CCN=C(N)C(=N)N)NS(=O)(=O)c2cccc3c(N(C)C)cccc23)CC1. The van der Waals surface area contributed by atoms with Gasteiger partial charge in [-0.05, 0) is 37.3 Å². The number of sulfonamides is 1. The number of amides is 1. The number of fused-ring (bicyclic) bond motifs is 1. The summed E-state index contributed by atoms with van der Waals surface area (Å²) in [6.07, 6.45) is 1.83. The molecule has 0 aliphatic carbocycles. The molecular formula is C24H35N7O3S. The summed E-state index contributed by atoms with van der Waals surface area (Å²) >= 11 is 0. The Morgan fingerprint density at radius 1 is 1.17 bits per heavy atom. The smallest absolute Gasteiger partial charge is 0.241 e. The van der Waals surface area contributed by atoms with E-state index < -0.39 is 16.1 Å². The summed E-state index contributed by atoms with van der Waals surface area (Å²) in [5.41, 5.74) is 11.9. The first kappa shape index (κ1) is 26.4. The first-order valence-corrected chi connectivity index (χ1v) is 13.1. The summed E-state index contributed by atoms with van der Waals surface area (Å²) < 4.78 is 29.8. The molecule has 2 aromatic rings. The molecule has 3 rings (SSSR count). The van der Waals surface area contributed by atoms with E-state index >= 15 is 0 Å². The number of nitrogens with one attached hydrogen (secondary N) is 2. The number of hydrogen-bond acceptors (Lipinski definition) is 6. The summed E-state index contributed by atoms with van der Waals surface area (Å²) in [6, 6.07) is 9.59. The fourth-order valence-electron chi connectivity index (χ4n) is 4.22. The first-order valence-electron chi connectivity index (χ1n) is 11.7.